The Morgan fingerprint density at radius 3 is 2.62 bits per heavy atom. The first kappa shape index (κ1) is 13.2. The van der Waals surface area contributed by atoms with E-state index in [1.165, 1.54) is 6.07 Å². The van der Waals surface area contributed by atoms with Gasteiger partial charge in [-0.3, -0.25) is 4.79 Å². The molecule has 1 aliphatic carbocycles. The summed E-state index contributed by atoms with van der Waals surface area (Å²) in [7, 11) is 0. The minimum absolute atomic E-state index is 0.123. The van der Waals surface area contributed by atoms with Crippen molar-refractivity contribution in [2.45, 2.75) is 12.3 Å². The second-order valence-corrected chi connectivity index (χ2v) is 6.51. The number of halogens is 2. The van der Waals surface area contributed by atoms with Gasteiger partial charge >= 0.3 is 0 Å². The Morgan fingerprint density at radius 1 is 1.19 bits per heavy atom. The van der Waals surface area contributed by atoms with Gasteiger partial charge in [-0.1, -0.05) is 12.1 Å². The number of hydrogen-bond donors (Lipinski definition) is 1. The Kier molecular flexibility index (Phi) is 2.99. The third-order valence-corrected chi connectivity index (χ3v) is 5.19. The molecule has 0 radical (unpaired) electrons. The molecular formula is C16H18F2N2O. The summed E-state index contributed by atoms with van der Waals surface area (Å²) >= 11 is 0. The van der Waals surface area contributed by atoms with Gasteiger partial charge in [-0.05, 0) is 35.8 Å². The topological polar surface area (TPSA) is 32.3 Å². The van der Waals surface area contributed by atoms with E-state index >= 15 is 0 Å². The minimum atomic E-state index is -0.827. The van der Waals surface area contributed by atoms with E-state index in [2.05, 4.69) is 5.32 Å². The first-order chi connectivity index (χ1) is 10.1. The fraction of sp³-hybridized carbons (Fsp3) is 0.562. The Hall–Kier alpha value is -1.49. The molecule has 21 heavy (non-hydrogen) atoms. The molecule has 4 rings (SSSR count). The highest BCUT2D eigenvalue weighted by Crippen LogP contribution is 2.50. The predicted molar refractivity (Wildman–Crippen MR) is 73.6 cm³/mol. The normalized spacial score (nSPS) is 34.1. The molecule has 1 saturated carbocycles. The summed E-state index contributed by atoms with van der Waals surface area (Å²) in [5.74, 6) is -0.667. The van der Waals surface area contributed by atoms with Gasteiger partial charge in [0.15, 0.2) is 11.6 Å². The summed E-state index contributed by atoms with van der Waals surface area (Å²) < 4.78 is 27.1. The minimum Gasteiger partial charge on any atom is -0.342 e. The molecule has 3 fully saturated rings. The van der Waals surface area contributed by atoms with E-state index < -0.39 is 11.6 Å². The smallest absolute Gasteiger partial charge is 0.226 e. The Balaban J connectivity index is 1.45. The molecule has 2 aliphatic heterocycles. The molecule has 0 bridgehead atoms. The van der Waals surface area contributed by atoms with Crippen molar-refractivity contribution < 1.29 is 13.6 Å². The molecule has 2 unspecified atom stereocenters. The molecule has 1 amide bonds. The van der Waals surface area contributed by atoms with Crippen molar-refractivity contribution in [3.63, 3.8) is 0 Å². The van der Waals surface area contributed by atoms with Gasteiger partial charge in [0.1, 0.15) is 0 Å². The molecule has 1 aromatic rings. The van der Waals surface area contributed by atoms with E-state index in [9.17, 15) is 13.6 Å². The highest BCUT2D eigenvalue weighted by molar-refractivity contribution is 5.83. The van der Waals surface area contributed by atoms with Crippen molar-refractivity contribution in [2.24, 2.45) is 17.8 Å². The molecule has 2 saturated heterocycles. The molecule has 112 valence electrons. The van der Waals surface area contributed by atoms with Crippen LogP contribution < -0.4 is 5.32 Å². The van der Waals surface area contributed by atoms with E-state index in [0.29, 0.717) is 23.8 Å². The average molecular weight is 292 g/mol. The molecule has 3 aliphatic rings. The van der Waals surface area contributed by atoms with E-state index in [-0.39, 0.29) is 17.7 Å². The van der Waals surface area contributed by atoms with Crippen LogP contribution in [0.4, 0.5) is 8.78 Å². The Labute approximate surface area is 122 Å². The van der Waals surface area contributed by atoms with Gasteiger partial charge in [0.25, 0.3) is 0 Å². The lowest BCUT2D eigenvalue weighted by Gasteiger charge is -2.17. The maximum absolute atomic E-state index is 13.8. The van der Waals surface area contributed by atoms with E-state index in [0.717, 1.165) is 32.2 Å². The van der Waals surface area contributed by atoms with Crippen LogP contribution in [0.5, 0.6) is 0 Å². The second-order valence-electron chi connectivity index (χ2n) is 6.51. The van der Waals surface area contributed by atoms with Gasteiger partial charge < -0.3 is 10.2 Å². The van der Waals surface area contributed by atoms with E-state index in [1.807, 2.05) is 4.90 Å². The van der Waals surface area contributed by atoms with Crippen LogP contribution in [0.3, 0.4) is 0 Å². The average Bonchev–Trinajstić information content (AvgIpc) is 2.95. The van der Waals surface area contributed by atoms with Crippen molar-refractivity contribution in [1.29, 1.82) is 0 Å². The van der Waals surface area contributed by atoms with E-state index in [4.69, 9.17) is 0 Å². The monoisotopic (exact) mass is 292 g/mol. The van der Waals surface area contributed by atoms with Crippen LogP contribution in [0.2, 0.25) is 0 Å². The molecule has 2 heterocycles. The van der Waals surface area contributed by atoms with Gasteiger partial charge in [-0.2, -0.15) is 0 Å². The number of likely N-dealkylation sites (tertiary alicyclic amines) is 1. The van der Waals surface area contributed by atoms with Crippen LogP contribution in [-0.2, 0) is 4.79 Å². The summed E-state index contributed by atoms with van der Waals surface area (Å²) in [4.78, 5) is 14.4. The van der Waals surface area contributed by atoms with Gasteiger partial charge in [0.05, 0.1) is 0 Å². The molecule has 4 atom stereocenters. The molecule has 5 heteroatoms. The van der Waals surface area contributed by atoms with Crippen molar-refractivity contribution in [3.8, 4) is 0 Å². The lowest BCUT2D eigenvalue weighted by Crippen LogP contribution is -2.33. The SMILES string of the molecule is O=C(C1CC1c1cccc(F)c1F)N1C[C@H]2CNC[C@H]2C1. The zero-order valence-corrected chi connectivity index (χ0v) is 11.7. The number of hydrogen-bond acceptors (Lipinski definition) is 2. The maximum atomic E-state index is 13.8. The summed E-state index contributed by atoms with van der Waals surface area (Å²) in [5, 5.41) is 3.35. The molecule has 0 spiro atoms. The molecular weight excluding hydrogens is 274 g/mol. The highest BCUT2D eigenvalue weighted by atomic mass is 19.2. The Bertz CT molecular complexity index is 580. The molecule has 0 aromatic heterocycles. The van der Waals surface area contributed by atoms with Crippen LogP contribution in [0, 0.1) is 29.4 Å². The van der Waals surface area contributed by atoms with Crippen LogP contribution in [0.15, 0.2) is 18.2 Å². The fourth-order valence-electron chi connectivity index (χ4n) is 3.89. The molecule has 1 N–H and O–H groups in total. The first-order valence-electron chi connectivity index (χ1n) is 7.58. The highest BCUT2D eigenvalue weighted by Gasteiger charge is 2.49. The standard InChI is InChI=1S/C16H18F2N2O/c17-14-3-1-2-11(15(14)18)12-4-13(12)16(21)20-7-9-5-19-6-10(9)8-20/h1-3,9-10,12-13,19H,4-8H2/t9-,10+,12?,13?. The first-order valence-corrected chi connectivity index (χ1v) is 7.58. The third-order valence-electron chi connectivity index (χ3n) is 5.19. The largest absolute Gasteiger partial charge is 0.342 e. The lowest BCUT2D eigenvalue weighted by atomic mass is 10.0. The predicted octanol–water partition coefficient (Wildman–Crippen LogP) is 1.75. The lowest BCUT2D eigenvalue weighted by molar-refractivity contribution is -0.131. The van der Waals surface area contributed by atoms with Crippen molar-refractivity contribution in [2.75, 3.05) is 26.2 Å². The van der Waals surface area contributed by atoms with Crippen molar-refractivity contribution >= 4 is 5.91 Å². The fourth-order valence-corrected chi connectivity index (χ4v) is 3.89. The van der Waals surface area contributed by atoms with Crippen LogP contribution in [-0.4, -0.2) is 37.0 Å². The van der Waals surface area contributed by atoms with Gasteiger partial charge in [0.2, 0.25) is 5.91 Å². The number of rotatable bonds is 2. The maximum Gasteiger partial charge on any atom is 0.226 e. The number of carbonyl (C=O) groups excluding carboxylic acids is 1. The quantitative estimate of drug-likeness (QED) is 0.900. The van der Waals surface area contributed by atoms with Crippen molar-refractivity contribution in [3.05, 3.63) is 35.4 Å². The summed E-state index contributed by atoms with van der Waals surface area (Å²) in [6, 6.07) is 4.23. The summed E-state index contributed by atoms with van der Waals surface area (Å²) in [5.41, 5.74) is 0.356. The van der Waals surface area contributed by atoms with Crippen LogP contribution in [0.25, 0.3) is 0 Å². The second kappa shape index (κ2) is 4.77. The number of carbonyl (C=O) groups is 1. The van der Waals surface area contributed by atoms with Crippen LogP contribution >= 0.6 is 0 Å². The number of nitrogens with one attached hydrogen (secondary N) is 1. The third kappa shape index (κ3) is 2.14. The number of nitrogens with zero attached hydrogens (tertiary/aromatic N) is 1. The summed E-state index contributed by atoms with van der Waals surface area (Å²) in [6.07, 6.45) is 0.642. The van der Waals surface area contributed by atoms with Gasteiger partial charge in [-0.25, -0.2) is 8.78 Å². The number of fused-ring (bicyclic) bond motifs is 1. The summed E-state index contributed by atoms with van der Waals surface area (Å²) in [6.45, 7) is 3.60. The zero-order valence-electron chi connectivity index (χ0n) is 11.7. The van der Waals surface area contributed by atoms with Gasteiger partial charge in [0, 0.05) is 32.1 Å². The Morgan fingerprint density at radius 2 is 1.90 bits per heavy atom. The molecule has 3 nitrogen and oxygen atoms in total. The number of benzene rings is 1. The van der Waals surface area contributed by atoms with Gasteiger partial charge in [-0.15, -0.1) is 0 Å². The molecule has 1 aromatic carbocycles. The van der Waals surface area contributed by atoms with Crippen molar-refractivity contribution in [1.82, 2.24) is 10.2 Å². The van der Waals surface area contributed by atoms with E-state index in [1.54, 1.807) is 6.07 Å². The number of amides is 1. The van der Waals surface area contributed by atoms with Crippen LogP contribution in [0.1, 0.15) is 17.9 Å². The zero-order chi connectivity index (χ0) is 14.6.